The average molecular weight is 279 g/mol. The maximum Gasteiger partial charge on any atom is 0.335 e. The summed E-state index contributed by atoms with van der Waals surface area (Å²) >= 11 is 6.07. The molecule has 1 unspecified atom stereocenters. The molecule has 0 saturated heterocycles. The molecule has 4 heteroatoms. The van der Waals surface area contributed by atoms with Gasteiger partial charge in [-0.05, 0) is 42.2 Å². The molecule has 0 spiro atoms. The number of carboxylic acid groups (broad SMARTS) is 1. The van der Waals surface area contributed by atoms with Crippen molar-refractivity contribution < 1.29 is 14.6 Å². The molecule has 0 bridgehead atoms. The Labute approximate surface area is 117 Å². The first-order valence-corrected chi connectivity index (χ1v) is 6.46. The lowest BCUT2D eigenvalue weighted by molar-refractivity contribution is 0.0697. The summed E-state index contributed by atoms with van der Waals surface area (Å²) < 4.78 is 5.64. The zero-order valence-corrected chi connectivity index (χ0v) is 11.4. The molecule has 1 N–H and O–H groups in total. The molecule has 1 aliphatic carbocycles. The summed E-state index contributed by atoms with van der Waals surface area (Å²) in [5.74, 6) is 0.195. The number of benzene rings is 1. The molecule has 3 nitrogen and oxygen atoms in total. The fourth-order valence-corrected chi connectivity index (χ4v) is 1.95. The van der Waals surface area contributed by atoms with Crippen molar-refractivity contribution in [3.63, 3.8) is 0 Å². The van der Waals surface area contributed by atoms with E-state index in [1.165, 1.54) is 0 Å². The van der Waals surface area contributed by atoms with Crippen LogP contribution in [0.4, 0.5) is 0 Å². The van der Waals surface area contributed by atoms with Crippen molar-refractivity contribution >= 4 is 17.6 Å². The molecule has 1 aromatic rings. The molecule has 1 aliphatic rings. The topological polar surface area (TPSA) is 46.5 Å². The summed E-state index contributed by atoms with van der Waals surface area (Å²) in [5.41, 5.74) is 1.20. The Balaban J connectivity index is 1.94. The molecular weight excluding hydrogens is 264 g/mol. The third-order valence-corrected chi connectivity index (χ3v) is 3.51. The van der Waals surface area contributed by atoms with E-state index in [0.29, 0.717) is 12.5 Å². The van der Waals surface area contributed by atoms with Crippen LogP contribution in [0.2, 0.25) is 0 Å². The number of ether oxygens (including phenoxy) is 1. The smallest absolute Gasteiger partial charge is 0.335 e. The van der Waals surface area contributed by atoms with Gasteiger partial charge in [0.05, 0.1) is 5.56 Å². The second-order valence-electron chi connectivity index (χ2n) is 4.56. The maximum absolute atomic E-state index is 10.7. The highest BCUT2D eigenvalue weighted by atomic mass is 35.5. The minimum Gasteiger partial charge on any atom is -0.489 e. The molecule has 1 aromatic carbocycles. The highest BCUT2D eigenvalue weighted by molar-refractivity contribution is 6.30. The van der Waals surface area contributed by atoms with E-state index < -0.39 is 5.97 Å². The van der Waals surface area contributed by atoms with E-state index in [9.17, 15) is 4.79 Å². The number of rotatable bonds is 4. The van der Waals surface area contributed by atoms with Crippen molar-refractivity contribution in [2.75, 3.05) is 0 Å². The number of hydrogen-bond acceptors (Lipinski definition) is 2. The third-order valence-electron chi connectivity index (χ3n) is 3.03. The van der Waals surface area contributed by atoms with Crippen LogP contribution in [0.3, 0.4) is 0 Å². The molecule has 100 valence electrons. The van der Waals surface area contributed by atoms with Crippen molar-refractivity contribution in [2.45, 2.75) is 20.0 Å². The Hall–Kier alpha value is -1.74. The summed E-state index contributed by atoms with van der Waals surface area (Å²) in [4.78, 5) is 10.7. The van der Waals surface area contributed by atoms with Crippen LogP contribution < -0.4 is 0 Å². The van der Waals surface area contributed by atoms with Gasteiger partial charge < -0.3 is 9.84 Å². The normalized spacial score (nSPS) is 18.5. The first-order valence-electron chi connectivity index (χ1n) is 6.08. The van der Waals surface area contributed by atoms with Crippen LogP contribution in [0, 0.1) is 5.92 Å². The fraction of sp³-hybridized carbons (Fsp3) is 0.267. The van der Waals surface area contributed by atoms with Crippen LogP contribution in [0.5, 0.6) is 0 Å². The van der Waals surface area contributed by atoms with E-state index in [0.717, 1.165) is 22.8 Å². The van der Waals surface area contributed by atoms with E-state index in [1.807, 2.05) is 12.2 Å². The number of hydrogen-bond donors (Lipinski definition) is 1. The Morgan fingerprint density at radius 2 is 2.11 bits per heavy atom. The molecule has 1 atom stereocenters. The first-order chi connectivity index (χ1) is 9.06. The number of allylic oxidation sites excluding steroid dienone is 3. The van der Waals surface area contributed by atoms with Gasteiger partial charge in [0.1, 0.15) is 12.4 Å². The van der Waals surface area contributed by atoms with E-state index in [2.05, 4.69) is 6.92 Å². The van der Waals surface area contributed by atoms with Crippen LogP contribution >= 0.6 is 11.6 Å². The Kier molecular flexibility index (Phi) is 4.27. The lowest BCUT2D eigenvalue weighted by Gasteiger charge is -2.16. The van der Waals surface area contributed by atoms with Crippen LogP contribution in [-0.4, -0.2) is 11.1 Å². The molecule has 0 radical (unpaired) electrons. The fourth-order valence-electron chi connectivity index (χ4n) is 1.75. The summed E-state index contributed by atoms with van der Waals surface area (Å²) in [6.07, 6.45) is 4.73. The molecule has 19 heavy (non-hydrogen) atoms. The molecule has 2 rings (SSSR count). The van der Waals surface area contributed by atoms with Gasteiger partial charge in [-0.25, -0.2) is 4.79 Å². The lowest BCUT2D eigenvalue weighted by Crippen LogP contribution is -2.02. The number of carboxylic acids is 1. The summed E-state index contributed by atoms with van der Waals surface area (Å²) in [6.45, 7) is 2.47. The quantitative estimate of drug-likeness (QED) is 0.907. The summed E-state index contributed by atoms with van der Waals surface area (Å²) in [7, 11) is 0. The van der Waals surface area contributed by atoms with Gasteiger partial charge in [-0.1, -0.05) is 30.7 Å². The van der Waals surface area contributed by atoms with Gasteiger partial charge in [0, 0.05) is 5.03 Å². The molecule has 0 heterocycles. The van der Waals surface area contributed by atoms with Gasteiger partial charge in [-0.3, -0.25) is 0 Å². The number of aromatic carboxylic acids is 1. The zero-order valence-electron chi connectivity index (χ0n) is 10.6. The standard InChI is InChI=1S/C15H15ClO3/c1-10-2-7-13(8-14(10)16)19-9-11-3-5-12(6-4-11)15(17)18/h3-8,10H,2,9H2,1H3,(H,17,18). The van der Waals surface area contributed by atoms with Crippen molar-refractivity contribution in [1.82, 2.24) is 0 Å². The molecule has 0 saturated carbocycles. The lowest BCUT2D eigenvalue weighted by atomic mass is 10.0. The summed E-state index contributed by atoms with van der Waals surface area (Å²) in [6, 6.07) is 6.64. The van der Waals surface area contributed by atoms with Crippen molar-refractivity contribution in [3.8, 4) is 0 Å². The van der Waals surface area contributed by atoms with Gasteiger partial charge in [0.2, 0.25) is 0 Å². The number of halogens is 1. The first kappa shape index (κ1) is 13.7. The predicted octanol–water partition coefficient (Wildman–Crippen LogP) is 3.95. The Bertz CT molecular complexity index is 529. The average Bonchev–Trinajstić information content (AvgIpc) is 2.40. The van der Waals surface area contributed by atoms with Crippen molar-refractivity contribution in [2.24, 2.45) is 5.92 Å². The van der Waals surface area contributed by atoms with E-state index in [1.54, 1.807) is 24.3 Å². The zero-order chi connectivity index (χ0) is 13.8. The van der Waals surface area contributed by atoms with Crippen LogP contribution in [0.1, 0.15) is 29.3 Å². The van der Waals surface area contributed by atoms with Gasteiger partial charge in [-0.2, -0.15) is 0 Å². The van der Waals surface area contributed by atoms with Crippen LogP contribution in [-0.2, 0) is 11.3 Å². The van der Waals surface area contributed by atoms with Crippen LogP contribution in [0.15, 0.2) is 47.2 Å². The highest BCUT2D eigenvalue weighted by Crippen LogP contribution is 2.27. The van der Waals surface area contributed by atoms with Gasteiger partial charge in [-0.15, -0.1) is 0 Å². The molecule has 0 aromatic heterocycles. The summed E-state index contributed by atoms with van der Waals surface area (Å²) in [5, 5.41) is 9.61. The second kappa shape index (κ2) is 5.93. The molecule has 0 amide bonds. The van der Waals surface area contributed by atoms with Gasteiger partial charge >= 0.3 is 5.97 Å². The largest absolute Gasteiger partial charge is 0.489 e. The minimum absolute atomic E-state index is 0.275. The molecular formula is C15H15ClO3. The Morgan fingerprint density at radius 3 is 2.68 bits per heavy atom. The van der Waals surface area contributed by atoms with E-state index >= 15 is 0 Å². The SMILES string of the molecule is CC1CC=C(OCc2ccc(C(=O)O)cc2)C=C1Cl. The Morgan fingerprint density at radius 1 is 1.42 bits per heavy atom. The molecule has 0 fully saturated rings. The third kappa shape index (κ3) is 3.61. The maximum atomic E-state index is 10.7. The monoisotopic (exact) mass is 278 g/mol. The van der Waals surface area contributed by atoms with Crippen molar-refractivity contribution in [3.05, 3.63) is 58.3 Å². The van der Waals surface area contributed by atoms with Crippen LogP contribution in [0.25, 0.3) is 0 Å². The number of carbonyl (C=O) groups is 1. The van der Waals surface area contributed by atoms with E-state index in [-0.39, 0.29) is 5.56 Å². The van der Waals surface area contributed by atoms with E-state index in [4.69, 9.17) is 21.4 Å². The van der Waals surface area contributed by atoms with Gasteiger partial charge in [0.25, 0.3) is 0 Å². The van der Waals surface area contributed by atoms with Crippen molar-refractivity contribution in [1.29, 1.82) is 0 Å². The highest BCUT2D eigenvalue weighted by Gasteiger charge is 2.12. The minimum atomic E-state index is -0.925. The predicted molar refractivity (Wildman–Crippen MR) is 74.0 cm³/mol. The van der Waals surface area contributed by atoms with Gasteiger partial charge in [0.15, 0.2) is 0 Å². The molecule has 0 aliphatic heterocycles. The second-order valence-corrected chi connectivity index (χ2v) is 5.00.